The molecule has 16 heavy (non-hydrogen) atoms. The molecule has 0 aliphatic carbocycles. The first-order valence-electron chi connectivity index (χ1n) is 6.13. The maximum Gasteiger partial charge on any atom is 0.0695 e. The van der Waals surface area contributed by atoms with Crippen molar-refractivity contribution in [2.24, 2.45) is 0 Å². The fraction of sp³-hybridized carbons (Fsp3) is 0.750. The van der Waals surface area contributed by atoms with Crippen LogP contribution in [0.2, 0.25) is 0 Å². The summed E-state index contributed by atoms with van der Waals surface area (Å²) in [5, 5.41) is 7.65. The van der Waals surface area contributed by atoms with Crippen molar-refractivity contribution in [3.63, 3.8) is 0 Å². The van der Waals surface area contributed by atoms with E-state index in [4.69, 9.17) is 4.74 Å². The lowest BCUT2D eigenvalue weighted by atomic mass is 9.98. The number of aromatic amines is 1. The molecule has 0 unspecified atom stereocenters. The highest BCUT2D eigenvalue weighted by Gasteiger charge is 2.31. The first-order chi connectivity index (χ1) is 7.75. The van der Waals surface area contributed by atoms with Crippen LogP contribution in [0.3, 0.4) is 0 Å². The number of fused-ring (bicyclic) bond motifs is 1. The summed E-state index contributed by atoms with van der Waals surface area (Å²) in [5.41, 5.74) is 4.04. The fourth-order valence-electron chi connectivity index (χ4n) is 2.56. The minimum absolute atomic E-state index is 0.512. The minimum atomic E-state index is 0.512. The lowest BCUT2D eigenvalue weighted by Gasteiger charge is -2.39. The maximum absolute atomic E-state index is 5.27. The van der Waals surface area contributed by atoms with E-state index < -0.39 is 0 Å². The smallest absolute Gasteiger partial charge is 0.0695 e. The van der Waals surface area contributed by atoms with Crippen molar-refractivity contribution < 1.29 is 4.74 Å². The highest BCUT2D eigenvalue weighted by Crippen LogP contribution is 2.27. The third-order valence-corrected chi connectivity index (χ3v) is 3.68. The lowest BCUT2D eigenvalue weighted by molar-refractivity contribution is -0.0696. The number of hydrogen-bond donors (Lipinski definition) is 1. The van der Waals surface area contributed by atoms with E-state index in [1.54, 1.807) is 0 Å². The van der Waals surface area contributed by atoms with Gasteiger partial charge in [0.05, 0.1) is 24.9 Å². The van der Waals surface area contributed by atoms with Crippen molar-refractivity contribution in [2.75, 3.05) is 19.8 Å². The molecule has 3 heterocycles. The van der Waals surface area contributed by atoms with Crippen molar-refractivity contribution in [2.45, 2.75) is 38.8 Å². The van der Waals surface area contributed by atoms with Crippen molar-refractivity contribution in [1.82, 2.24) is 15.1 Å². The van der Waals surface area contributed by atoms with Crippen molar-refractivity contribution in [3.8, 4) is 0 Å². The van der Waals surface area contributed by atoms with Crippen molar-refractivity contribution >= 4 is 0 Å². The third-order valence-electron chi connectivity index (χ3n) is 3.68. The fourth-order valence-corrected chi connectivity index (χ4v) is 2.56. The van der Waals surface area contributed by atoms with Crippen LogP contribution >= 0.6 is 0 Å². The Hall–Kier alpha value is -0.870. The van der Waals surface area contributed by atoms with Gasteiger partial charge in [0.1, 0.15) is 0 Å². The first kappa shape index (κ1) is 10.3. The van der Waals surface area contributed by atoms with Crippen LogP contribution in [-0.4, -0.2) is 40.9 Å². The van der Waals surface area contributed by atoms with Crippen LogP contribution in [0.15, 0.2) is 0 Å². The van der Waals surface area contributed by atoms with Crippen molar-refractivity contribution in [1.29, 1.82) is 0 Å². The van der Waals surface area contributed by atoms with Crippen LogP contribution in [0.1, 0.15) is 36.7 Å². The Kier molecular flexibility index (Phi) is 2.48. The second-order valence-corrected chi connectivity index (χ2v) is 5.13. The third kappa shape index (κ3) is 1.57. The molecule has 4 heteroatoms. The predicted octanol–water partition coefficient (Wildman–Crippen LogP) is 1.29. The van der Waals surface area contributed by atoms with Crippen LogP contribution in [0.25, 0.3) is 0 Å². The minimum Gasteiger partial charge on any atom is -0.378 e. The van der Waals surface area contributed by atoms with Gasteiger partial charge < -0.3 is 4.74 Å². The molecule has 0 aromatic carbocycles. The molecule has 0 saturated carbocycles. The zero-order chi connectivity index (χ0) is 11.1. The van der Waals surface area contributed by atoms with Gasteiger partial charge in [0.15, 0.2) is 0 Å². The monoisotopic (exact) mass is 221 g/mol. The van der Waals surface area contributed by atoms with Crippen LogP contribution in [0.4, 0.5) is 0 Å². The van der Waals surface area contributed by atoms with Gasteiger partial charge in [-0.15, -0.1) is 0 Å². The molecule has 2 aliphatic rings. The molecular weight excluding hydrogens is 202 g/mol. The second kappa shape index (κ2) is 3.86. The summed E-state index contributed by atoms with van der Waals surface area (Å²) in [5.74, 6) is 0.512. The van der Waals surface area contributed by atoms with Gasteiger partial charge in [-0.2, -0.15) is 5.10 Å². The Bertz CT molecular complexity index is 382. The average Bonchev–Trinajstić information content (AvgIpc) is 2.57. The molecule has 0 spiro atoms. The molecule has 0 amide bonds. The summed E-state index contributed by atoms with van der Waals surface area (Å²) in [4.78, 5) is 2.53. The van der Waals surface area contributed by atoms with Gasteiger partial charge in [-0.3, -0.25) is 10.00 Å². The van der Waals surface area contributed by atoms with Gasteiger partial charge in [0, 0.05) is 30.8 Å². The van der Waals surface area contributed by atoms with Crippen LogP contribution in [0.5, 0.6) is 0 Å². The molecule has 1 fully saturated rings. The number of aromatic nitrogens is 2. The number of rotatable bonds is 2. The first-order valence-corrected chi connectivity index (χ1v) is 6.13. The number of nitrogens with zero attached hydrogens (tertiary/aromatic N) is 2. The molecule has 0 radical (unpaired) electrons. The van der Waals surface area contributed by atoms with E-state index in [-0.39, 0.29) is 0 Å². The lowest BCUT2D eigenvalue weighted by Crippen LogP contribution is -2.50. The number of nitrogens with one attached hydrogen (secondary N) is 1. The van der Waals surface area contributed by atoms with E-state index in [9.17, 15) is 0 Å². The zero-order valence-corrected chi connectivity index (χ0v) is 9.99. The summed E-state index contributed by atoms with van der Waals surface area (Å²) in [7, 11) is 0. The van der Waals surface area contributed by atoms with E-state index in [1.807, 2.05) is 0 Å². The van der Waals surface area contributed by atoms with Gasteiger partial charge in [-0.25, -0.2) is 0 Å². The van der Waals surface area contributed by atoms with Gasteiger partial charge in [-0.1, -0.05) is 13.8 Å². The number of hydrogen-bond acceptors (Lipinski definition) is 3. The van der Waals surface area contributed by atoms with Crippen LogP contribution in [0, 0.1) is 0 Å². The van der Waals surface area contributed by atoms with E-state index in [1.165, 1.54) is 17.0 Å². The molecule has 1 aromatic heterocycles. The van der Waals surface area contributed by atoms with E-state index in [0.717, 1.165) is 32.7 Å². The van der Waals surface area contributed by atoms with E-state index >= 15 is 0 Å². The molecule has 1 aromatic rings. The van der Waals surface area contributed by atoms with Crippen LogP contribution in [-0.2, 0) is 17.7 Å². The zero-order valence-electron chi connectivity index (χ0n) is 9.99. The molecule has 2 aliphatic heterocycles. The molecule has 1 N–H and O–H groups in total. The number of H-pyrrole nitrogens is 1. The Morgan fingerprint density at radius 1 is 1.44 bits per heavy atom. The summed E-state index contributed by atoms with van der Waals surface area (Å²) in [6.07, 6.45) is 1.10. The van der Waals surface area contributed by atoms with Crippen LogP contribution < -0.4 is 0 Å². The SMILES string of the molecule is CC(C)c1n[nH]c2c1CN(C1COC1)CC2. The molecule has 88 valence electrons. The molecule has 1 saturated heterocycles. The van der Waals surface area contributed by atoms with Gasteiger partial charge >= 0.3 is 0 Å². The second-order valence-electron chi connectivity index (χ2n) is 5.13. The van der Waals surface area contributed by atoms with Gasteiger partial charge in [0.25, 0.3) is 0 Å². The summed E-state index contributed by atoms with van der Waals surface area (Å²) >= 11 is 0. The summed E-state index contributed by atoms with van der Waals surface area (Å²) in [6, 6.07) is 0.642. The number of ether oxygens (including phenoxy) is 1. The highest BCUT2D eigenvalue weighted by atomic mass is 16.5. The summed E-state index contributed by atoms with van der Waals surface area (Å²) < 4.78 is 5.27. The molecule has 0 bridgehead atoms. The van der Waals surface area contributed by atoms with Gasteiger partial charge in [0.2, 0.25) is 0 Å². The molecular formula is C12H19N3O. The normalized spacial score (nSPS) is 22.2. The Morgan fingerprint density at radius 3 is 2.88 bits per heavy atom. The summed E-state index contributed by atoms with van der Waals surface area (Å²) in [6.45, 7) is 8.42. The molecule has 0 atom stereocenters. The Morgan fingerprint density at radius 2 is 2.25 bits per heavy atom. The standard InChI is InChI=1S/C12H19N3O/c1-8(2)12-10-5-15(9-6-16-7-9)4-3-11(10)13-14-12/h8-9H,3-7H2,1-2H3,(H,13,14). The van der Waals surface area contributed by atoms with E-state index in [0.29, 0.717) is 12.0 Å². The average molecular weight is 221 g/mol. The van der Waals surface area contributed by atoms with E-state index in [2.05, 4.69) is 28.9 Å². The molecule has 3 rings (SSSR count). The topological polar surface area (TPSA) is 41.2 Å². The Balaban J connectivity index is 1.82. The van der Waals surface area contributed by atoms with Crippen molar-refractivity contribution in [3.05, 3.63) is 17.0 Å². The molecule has 4 nitrogen and oxygen atoms in total. The quantitative estimate of drug-likeness (QED) is 0.818. The predicted molar refractivity (Wildman–Crippen MR) is 61.4 cm³/mol. The highest BCUT2D eigenvalue weighted by molar-refractivity contribution is 5.29. The maximum atomic E-state index is 5.27. The Labute approximate surface area is 96.0 Å². The largest absolute Gasteiger partial charge is 0.378 e. The van der Waals surface area contributed by atoms with Gasteiger partial charge in [-0.05, 0) is 5.92 Å².